The summed E-state index contributed by atoms with van der Waals surface area (Å²) >= 11 is 3.51. The largest absolute Gasteiger partial charge is 0.314 e. The van der Waals surface area contributed by atoms with Crippen molar-refractivity contribution < 1.29 is 0 Å². The molecule has 3 rings (SSSR count). The normalized spacial score (nSPS) is 16.1. The molecule has 1 aliphatic rings. The summed E-state index contributed by atoms with van der Waals surface area (Å²) in [7, 11) is 1.97. The smallest absolute Gasteiger partial charge is 0.0768 e. The van der Waals surface area contributed by atoms with Gasteiger partial charge in [-0.2, -0.15) is 5.10 Å². The molecule has 1 heterocycles. The van der Waals surface area contributed by atoms with E-state index < -0.39 is 0 Å². The number of nitrogens with one attached hydrogen (secondary N) is 1. The first kappa shape index (κ1) is 15.8. The van der Waals surface area contributed by atoms with Crippen LogP contribution in [0.25, 0.3) is 11.3 Å². The summed E-state index contributed by atoms with van der Waals surface area (Å²) in [5.74, 6) is 0.783. The highest BCUT2D eigenvalue weighted by Gasteiger charge is 2.17. The summed E-state index contributed by atoms with van der Waals surface area (Å²) in [6.07, 6.45) is 6.86. The van der Waals surface area contributed by atoms with Gasteiger partial charge in [-0.3, -0.25) is 4.68 Å². The average molecular weight is 362 g/mol. The maximum absolute atomic E-state index is 4.84. The maximum atomic E-state index is 4.84. The van der Waals surface area contributed by atoms with Crippen LogP contribution in [-0.2, 0) is 13.1 Å². The molecular formula is C18H24BrN3. The molecule has 1 saturated carbocycles. The summed E-state index contributed by atoms with van der Waals surface area (Å²) in [6, 6.07) is 10.8. The molecule has 118 valence electrons. The monoisotopic (exact) mass is 361 g/mol. The standard InChI is InChI=1S/C18H24BrN3/c1-20-12-17-11-18(15-7-9-16(19)10-8-15)22(21-17)13-14-5-3-2-4-6-14/h7-11,14,20H,2-6,12-13H2,1H3. The van der Waals surface area contributed by atoms with Gasteiger partial charge in [-0.1, -0.05) is 47.3 Å². The molecule has 1 fully saturated rings. The minimum atomic E-state index is 0.783. The Balaban J connectivity index is 1.87. The Kier molecular flexibility index (Phi) is 5.32. The van der Waals surface area contributed by atoms with Crippen LogP contribution in [0.5, 0.6) is 0 Å². The molecule has 0 atom stereocenters. The lowest BCUT2D eigenvalue weighted by atomic mass is 9.89. The van der Waals surface area contributed by atoms with Gasteiger partial charge in [-0.15, -0.1) is 0 Å². The summed E-state index contributed by atoms with van der Waals surface area (Å²) in [5, 5.41) is 8.04. The van der Waals surface area contributed by atoms with Crippen molar-refractivity contribution in [3.63, 3.8) is 0 Å². The molecule has 1 aliphatic carbocycles. The van der Waals surface area contributed by atoms with Gasteiger partial charge in [0.05, 0.1) is 11.4 Å². The van der Waals surface area contributed by atoms with E-state index in [0.29, 0.717) is 0 Å². The molecule has 0 spiro atoms. The van der Waals surface area contributed by atoms with E-state index in [9.17, 15) is 0 Å². The van der Waals surface area contributed by atoms with E-state index in [1.807, 2.05) is 7.05 Å². The minimum absolute atomic E-state index is 0.783. The Morgan fingerprint density at radius 2 is 1.91 bits per heavy atom. The highest BCUT2D eigenvalue weighted by Crippen LogP contribution is 2.28. The molecule has 0 saturated heterocycles. The molecule has 3 nitrogen and oxygen atoms in total. The van der Waals surface area contributed by atoms with Crippen LogP contribution in [0, 0.1) is 5.92 Å². The predicted molar refractivity (Wildman–Crippen MR) is 94.7 cm³/mol. The molecule has 0 radical (unpaired) electrons. The van der Waals surface area contributed by atoms with E-state index in [1.165, 1.54) is 43.4 Å². The number of aromatic nitrogens is 2. The first-order chi connectivity index (χ1) is 10.8. The third-order valence-electron chi connectivity index (χ3n) is 4.48. The molecule has 1 aromatic heterocycles. The lowest BCUT2D eigenvalue weighted by Gasteiger charge is -2.22. The van der Waals surface area contributed by atoms with Crippen LogP contribution in [-0.4, -0.2) is 16.8 Å². The predicted octanol–water partition coefficient (Wildman–Crippen LogP) is 4.61. The Bertz CT molecular complexity index is 597. The van der Waals surface area contributed by atoms with E-state index in [4.69, 9.17) is 5.10 Å². The molecule has 0 bridgehead atoms. The fourth-order valence-electron chi connectivity index (χ4n) is 3.34. The number of benzene rings is 1. The van der Waals surface area contributed by atoms with Crippen molar-refractivity contribution in [2.45, 2.75) is 45.2 Å². The van der Waals surface area contributed by atoms with Gasteiger partial charge in [0, 0.05) is 17.6 Å². The third-order valence-corrected chi connectivity index (χ3v) is 5.01. The third kappa shape index (κ3) is 3.79. The zero-order valence-electron chi connectivity index (χ0n) is 13.2. The average Bonchev–Trinajstić information content (AvgIpc) is 2.92. The van der Waals surface area contributed by atoms with Crippen LogP contribution in [0.2, 0.25) is 0 Å². The van der Waals surface area contributed by atoms with Gasteiger partial charge >= 0.3 is 0 Å². The van der Waals surface area contributed by atoms with E-state index in [0.717, 1.165) is 29.2 Å². The van der Waals surface area contributed by atoms with Gasteiger partial charge in [0.2, 0.25) is 0 Å². The summed E-state index contributed by atoms with van der Waals surface area (Å²) in [6.45, 7) is 1.87. The number of hydrogen-bond acceptors (Lipinski definition) is 2. The van der Waals surface area contributed by atoms with Crippen molar-refractivity contribution in [3.8, 4) is 11.3 Å². The van der Waals surface area contributed by atoms with E-state index in [2.05, 4.69) is 56.3 Å². The summed E-state index contributed by atoms with van der Waals surface area (Å²) < 4.78 is 3.34. The number of nitrogens with zero attached hydrogens (tertiary/aromatic N) is 2. The molecule has 0 aliphatic heterocycles. The molecule has 0 amide bonds. The number of halogens is 1. The van der Waals surface area contributed by atoms with Crippen LogP contribution in [0.4, 0.5) is 0 Å². The zero-order chi connectivity index (χ0) is 15.4. The highest BCUT2D eigenvalue weighted by atomic mass is 79.9. The first-order valence-corrected chi connectivity index (χ1v) is 9.03. The maximum Gasteiger partial charge on any atom is 0.0768 e. The van der Waals surface area contributed by atoms with Crippen LogP contribution < -0.4 is 5.32 Å². The minimum Gasteiger partial charge on any atom is -0.314 e. The van der Waals surface area contributed by atoms with Crippen LogP contribution in [0.3, 0.4) is 0 Å². The van der Waals surface area contributed by atoms with Gasteiger partial charge < -0.3 is 5.32 Å². The molecule has 4 heteroatoms. The molecule has 2 aromatic rings. The fourth-order valence-corrected chi connectivity index (χ4v) is 3.61. The second kappa shape index (κ2) is 7.42. The zero-order valence-corrected chi connectivity index (χ0v) is 14.8. The Labute approximate surface area is 141 Å². The van der Waals surface area contributed by atoms with Crippen molar-refractivity contribution >= 4 is 15.9 Å². The molecule has 1 aromatic carbocycles. The van der Waals surface area contributed by atoms with Gasteiger partial charge in [-0.05, 0) is 49.6 Å². The second-order valence-electron chi connectivity index (χ2n) is 6.24. The molecule has 22 heavy (non-hydrogen) atoms. The van der Waals surface area contributed by atoms with Gasteiger partial charge in [0.15, 0.2) is 0 Å². The second-order valence-corrected chi connectivity index (χ2v) is 7.16. The van der Waals surface area contributed by atoms with Crippen molar-refractivity contribution in [2.24, 2.45) is 5.92 Å². The number of hydrogen-bond donors (Lipinski definition) is 1. The number of rotatable bonds is 5. The Morgan fingerprint density at radius 3 is 2.59 bits per heavy atom. The van der Waals surface area contributed by atoms with Crippen LogP contribution in [0.1, 0.15) is 37.8 Å². The highest BCUT2D eigenvalue weighted by molar-refractivity contribution is 9.10. The first-order valence-electron chi connectivity index (χ1n) is 8.23. The molecule has 0 unspecified atom stereocenters. The van der Waals surface area contributed by atoms with E-state index in [-0.39, 0.29) is 0 Å². The van der Waals surface area contributed by atoms with Gasteiger partial charge in [0.1, 0.15) is 0 Å². The van der Waals surface area contributed by atoms with Crippen LogP contribution in [0.15, 0.2) is 34.8 Å². The Morgan fingerprint density at radius 1 is 1.18 bits per heavy atom. The topological polar surface area (TPSA) is 29.9 Å². The molecular weight excluding hydrogens is 338 g/mol. The van der Waals surface area contributed by atoms with Crippen LogP contribution >= 0.6 is 15.9 Å². The van der Waals surface area contributed by atoms with Crippen molar-refractivity contribution in [1.29, 1.82) is 0 Å². The SMILES string of the molecule is CNCc1cc(-c2ccc(Br)cc2)n(CC2CCCCC2)n1. The van der Waals surface area contributed by atoms with E-state index in [1.54, 1.807) is 0 Å². The molecule has 1 N–H and O–H groups in total. The van der Waals surface area contributed by atoms with Crippen molar-refractivity contribution in [1.82, 2.24) is 15.1 Å². The fraction of sp³-hybridized carbons (Fsp3) is 0.500. The quantitative estimate of drug-likeness (QED) is 0.842. The Hall–Kier alpha value is -1.13. The van der Waals surface area contributed by atoms with Crippen molar-refractivity contribution in [3.05, 3.63) is 40.5 Å². The van der Waals surface area contributed by atoms with Gasteiger partial charge in [-0.25, -0.2) is 0 Å². The lowest BCUT2D eigenvalue weighted by molar-refractivity contribution is 0.309. The van der Waals surface area contributed by atoms with Gasteiger partial charge in [0.25, 0.3) is 0 Å². The lowest BCUT2D eigenvalue weighted by Crippen LogP contribution is -2.16. The van der Waals surface area contributed by atoms with E-state index >= 15 is 0 Å². The van der Waals surface area contributed by atoms with Crippen molar-refractivity contribution in [2.75, 3.05) is 7.05 Å². The summed E-state index contributed by atoms with van der Waals surface area (Å²) in [4.78, 5) is 0. The summed E-state index contributed by atoms with van der Waals surface area (Å²) in [5.41, 5.74) is 3.61.